The predicted molar refractivity (Wildman–Crippen MR) is 76.0 cm³/mol. The van der Waals surface area contributed by atoms with Gasteiger partial charge >= 0.3 is 0 Å². The fourth-order valence-electron chi connectivity index (χ4n) is 2.96. The topological polar surface area (TPSA) is 77.8 Å². The van der Waals surface area contributed by atoms with Gasteiger partial charge in [0.2, 0.25) is 11.7 Å². The van der Waals surface area contributed by atoms with Gasteiger partial charge in [-0.25, -0.2) is 0 Å². The zero-order valence-corrected chi connectivity index (χ0v) is 11.7. The van der Waals surface area contributed by atoms with Gasteiger partial charge in [0.15, 0.2) is 0 Å². The van der Waals surface area contributed by atoms with Gasteiger partial charge in [0.05, 0.1) is 0 Å². The lowest BCUT2D eigenvalue weighted by atomic mass is 9.79. The summed E-state index contributed by atoms with van der Waals surface area (Å²) >= 11 is 0. The lowest BCUT2D eigenvalue weighted by Gasteiger charge is -2.27. The maximum atomic E-state index is 5.87. The molecular weight excluding hydrogens is 252 g/mol. The molecule has 0 amide bonds. The Hall–Kier alpha value is -1.75. The van der Waals surface area contributed by atoms with Crippen LogP contribution in [0.15, 0.2) is 22.9 Å². The summed E-state index contributed by atoms with van der Waals surface area (Å²) in [6.45, 7) is 2.71. The summed E-state index contributed by atoms with van der Waals surface area (Å²) in [7, 11) is 0. The van der Waals surface area contributed by atoms with Gasteiger partial charge in [-0.1, -0.05) is 18.0 Å². The van der Waals surface area contributed by atoms with Crippen LogP contribution in [-0.4, -0.2) is 21.7 Å². The van der Waals surface area contributed by atoms with Crippen LogP contribution in [-0.2, 0) is 0 Å². The van der Waals surface area contributed by atoms with Crippen molar-refractivity contribution in [3.63, 3.8) is 0 Å². The lowest BCUT2D eigenvalue weighted by Crippen LogP contribution is -2.25. The van der Waals surface area contributed by atoms with Gasteiger partial charge in [-0.3, -0.25) is 4.98 Å². The molecule has 0 aliphatic heterocycles. The number of nitrogens with zero attached hydrogens (tertiary/aromatic N) is 3. The summed E-state index contributed by atoms with van der Waals surface area (Å²) in [6.07, 6.45) is 6.47. The first kappa shape index (κ1) is 13.2. The molecule has 2 aromatic heterocycles. The highest BCUT2D eigenvalue weighted by Crippen LogP contribution is 2.36. The molecule has 106 valence electrons. The quantitative estimate of drug-likeness (QED) is 0.929. The van der Waals surface area contributed by atoms with Crippen LogP contribution in [0.5, 0.6) is 0 Å². The minimum absolute atomic E-state index is 0.305. The van der Waals surface area contributed by atoms with E-state index in [-0.39, 0.29) is 0 Å². The average Bonchev–Trinajstić information content (AvgIpc) is 2.97. The van der Waals surface area contributed by atoms with E-state index < -0.39 is 0 Å². The zero-order valence-electron chi connectivity index (χ0n) is 11.7. The van der Waals surface area contributed by atoms with Crippen molar-refractivity contribution in [3.05, 3.63) is 29.8 Å². The smallest absolute Gasteiger partial charge is 0.230 e. The summed E-state index contributed by atoms with van der Waals surface area (Å²) in [5, 5.41) is 4.08. The molecule has 5 nitrogen and oxygen atoms in total. The van der Waals surface area contributed by atoms with Crippen molar-refractivity contribution in [3.8, 4) is 11.5 Å². The van der Waals surface area contributed by atoms with Crippen molar-refractivity contribution in [2.45, 2.75) is 38.5 Å². The third-order valence-electron chi connectivity index (χ3n) is 4.12. The van der Waals surface area contributed by atoms with Crippen LogP contribution in [0.4, 0.5) is 0 Å². The van der Waals surface area contributed by atoms with Crippen molar-refractivity contribution >= 4 is 0 Å². The molecule has 2 N–H and O–H groups in total. The van der Waals surface area contributed by atoms with Crippen molar-refractivity contribution in [1.82, 2.24) is 15.1 Å². The molecule has 5 heteroatoms. The zero-order chi connectivity index (χ0) is 13.9. The second kappa shape index (κ2) is 5.71. The Bertz CT molecular complexity index is 581. The predicted octanol–water partition coefficient (Wildman–Crippen LogP) is 2.67. The number of hydrogen-bond acceptors (Lipinski definition) is 5. The van der Waals surface area contributed by atoms with Gasteiger partial charge < -0.3 is 10.3 Å². The normalized spacial score (nSPS) is 22.9. The summed E-state index contributed by atoms with van der Waals surface area (Å²) in [6, 6.07) is 3.92. The molecule has 0 aromatic carbocycles. The SMILES string of the molecule is Cc1ccnc(-c2noc(C3CCCCC3CN)n2)c1. The largest absolute Gasteiger partial charge is 0.339 e. The number of hydrogen-bond donors (Lipinski definition) is 1. The third-order valence-corrected chi connectivity index (χ3v) is 4.12. The summed E-state index contributed by atoms with van der Waals surface area (Å²) < 4.78 is 5.47. The van der Waals surface area contributed by atoms with Gasteiger partial charge in [-0.15, -0.1) is 0 Å². The van der Waals surface area contributed by atoms with E-state index in [1.165, 1.54) is 12.8 Å². The Morgan fingerprint density at radius 1 is 1.35 bits per heavy atom. The minimum Gasteiger partial charge on any atom is -0.339 e. The van der Waals surface area contributed by atoms with Gasteiger partial charge in [-0.05, 0) is 49.9 Å². The Kier molecular flexibility index (Phi) is 3.78. The van der Waals surface area contributed by atoms with E-state index in [1.807, 2.05) is 19.1 Å². The highest BCUT2D eigenvalue weighted by Gasteiger charge is 2.30. The average molecular weight is 272 g/mol. The molecule has 1 fully saturated rings. The molecule has 1 aliphatic rings. The lowest BCUT2D eigenvalue weighted by molar-refractivity contribution is 0.249. The van der Waals surface area contributed by atoms with Crippen LogP contribution in [0.2, 0.25) is 0 Å². The molecule has 2 aromatic rings. The molecule has 2 atom stereocenters. The first-order valence-corrected chi connectivity index (χ1v) is 7.24. The van der Waals surface area contributed by atoms with Crippen molar-refractivity contribution < 1.29 is 4.52 Å². The molecule has 0 bridgehead atoms. The van der Waals surface area contributed by atoms with Gasteiger partial charge in [0, 0.05) is 12.1 Å². The van der Waals surface area contributed by atoms with Gasteiger partial charge in [0.1, 0.15) is 5.69 Å². The van der Waals surface area contributed by atoms with E-state index in [9.17, 15) is 0 Å². The standard InChI is InChI=1S/C15H20N4O/c1-10-6-7-17-13(8-10)14-18-15(20-19-14)12-5-3-2-4-11(12)9-16/h6-8,11-12H,2-5,9,16H2,1H3. The number of pyridine rings is 1. The van der Waals surface area contributed by atoms with Crippen LogP contribution in [0.25, 0.3) is 11.5 Å². The fraction of sp³-hybridized carbons (Fsp3) is 0.533. The Labute approximate surface area is 118 Å². The van der Waals surface area contributed by atoms with E-state index in [1.54, 1.807) is 6.20 Å². The summed E-state index contributed by atoms with van der Waals surface area (Å²) in [5.74, 6) is 2.06. The van der Waals surface area contributed by atoms with Crippen LogP contribution >= 0.6 is 0 Å². The van der Waals surface area contributed by atoms with Crippen molar-refractivity contribution in [2.75, 3.05) is 6.54 Å². The van der Waals surface area contributed by atoms with Crippen LogP contribution in [0.3, 0.4) is 0 Å². The summed E-state index contributed by atoms with van der Waals surface area (Å²) in [5.41, 5.74) is 7.77. The van der Waals surface area contributed by atoms with E-state index in [0.717, 1.165) is 30.0 Å². The highest BCUT2D eigenvalue weighted by atomic mass is 16.5. The molecule has 0 saturated heterocycles. The van der Waals surface area contributed by atoms with Gasteiger partial charge in [0.25, 0.3) is 0 Å². The number of nitrogens with two attached hydrogens (primary N) is 1. The fourth-order valence-corrected chi connectivity index (χ4v) is 2.96. The minimum atomic E-state index is 0.305. The van der Waals surface area contributed by atoms with E-state index in [0.29, 0.717) is 24.2 Å². The molecule has 1 aliphatic carbocycles. The molecule has 0 radical (unpaired) electrons. The van der Waals surface area contributed by atoms with Crippen LogP contribution in [0.1, 0.15) is 43.1 Å². The number of aromatic nitrogens is 3. The molecule has 3 rings (SSSR count). The van der Waals surface area contributed by atoms with E-state index in [2.05, 4.69) is 15.1 Å². The molecular formula is C15H20N4O. The van der Waals surface area contributed by atoms with E-state index in [4.69, 9.17) is 10.3 Å². The van der Waals surface area contributed by atoms with Crippen molar-refractivity contribution in [2.24, 2.45) is 11.7 Å². The Balaban J connectivity index is 1.86. The summed E-state index contributed by atoms with van der Waals surface area (Å²) in [4.78, 5) is 8.85. The van der Waals surface area contributed by atoms with Gasteiger partial charge in [-0.2, -0.15) is 4.98 Å². The second-order valence-corrected chi connectivity index (χ2v) is 5.56. The molecule has 2 heterocycles. The second-order valence-electron chi connectivity index (χ2n) is 5.56. The molecule has 0 spiro atoms. The van der Waals surface area contributed by atoms with E-state index >= 15 is 0 Å². The first-order valence-electron chi connectivity index (χ1n) is 7.24. The number of aryl methyl sites for hydroxylation is 1. The Morgan fingerprint density at radius 2 is 2.20 bits per heavy atom. The molecule has 1 saturated carbocycles. The Morgan fingerprint density at radius 3 is 3.00 bits per heavy atom. The van der Waals surface area contributed by atoms with Crippen molar-refractivity contribution in [1.29, 1.82) is 0 Å². The monoisotopic (exact) mass is 272 g/mol. The number of rotatable bonds is 3. The maximum absolute atomic E-state index is 5.87. The molecule has 2 unspecified atom stereocenters. The third kappa shape index (κ3) is 2.58. The first-order chi connectivity index (χ1) is 9.78. The van der Waals surface area contributed by atoms with Crippen LogP contribution in [0, 0.1) is 12.8 Å². The highest BCUT2D eigenvalue weighted by molar-refractivity contribution is 5.49. The maximum Gasteiger partial charge on any atom is 0.230 e. The van der Waals surface area contributed by atoms with Crippen LogP contribution < -0.4 is 5.73 Å². The molecule has 20 heavy (non-hydrogen) atoms.